The molecule has 5 rings (SSSR count). The Balaban J connectivity index is 1.47. The summed E-state index contributed by atoms with van der Waals surface area (Å²) in [4.78, 5) is -1.24. The van der Waals surface area contributed by atoms with Gasteiger partial charge in [-0.25, -0.2) is 0 Å². The molecule has 5 aromatic carbocycles. The number of hydrogen-bond acceptors (Lipinski definition) is 12. The third-order valence-corrected chi connectivity index (χ3v) is 8.15. The van der Waals surface area contributed by atoms with Crippen molar-refractivity contribution in [3.05, 3.63) is 109 Å². The Kier molecular flexibility index (Phi) is 9.06. The van der Waals surface area contributed by atoms with Gasteiger partial charge in [-0.05, 0) is 72.8 Å². The normalized spacial score (nSPS) is 12.0. The van der Waals surface area contributed by atoms with Crippen LogP contribution in [0.15, 0.2) is 139 Å². The summed E-state index contributed by atoms with van der Waals surface area (Å²) in [6.45, 7) is 0. The lowest BCUT2D eigenvalue weighted by Crippen LogP contribution is -2.05. The molecule has 8 N–H and O–H groups in total. The summed E-state index contributed by atoms with van der Waals surface area (Å²) in [5.41, 5.74) is 13.5. The highest BCUT2D eigenvalue weighted by atomic mass is 32.2. The molecule has 0 heterocycles. The summed E-state index contributed by atoms with van der Waals surface area (Å²) < 4.78 is 68.2. The van der Waals surface area contributed by atoms with Crippen molar-refractivity contribution in [2.24, 2.45) is 20.5 Å². The van der Waals surface area contributed by atoms with Crippen molar-refractivity contribution >= 4 is 77.1 Å². The van der Waals surface area contributed by atoms with E-state index in [0.29, 0.717) is 11.4 Å². The van der Waals surface area contributed by atoms with E-state index in [2.05, 4.69) is 31.1 Å². The fourth-order valence-corrected chi connectivity index (χ4v) is 5.45. The van der Waals surface area contributed by atoms with Crippen LogP contribution < -0.4 is 22.1 Å². The fraction of sp³-hybridized carbons (Fsp3) is 0. The van der Waals surface area contributed by atoms with Gasteiger partial charge in [0.05, 0.1) is 28.4 Å². The quantitative estimate of drug-likeness (QED) is 0.0486. The third-order valence-electron chi connectivity index (χ3n) is 6.36. The predicted octanol–water partition coefficient (Wildman–Crippen LogP) is 7.66. The van der Waals surface area contributed by atoms with E-state index in [4.69, 9.17) is 11.5 Å². The van der Waals surface area contributed by atoms with Crippen molar-refractivity contribution in [1.82, 2.24) is 0 Å². The molecule has 234 valence electrons. The van der Waals surface area contributed by atoms with Crippen LogP contribution in [0.3, 0.4) is 0 Å². The van der Waals surface area contributed by atoms with E-state index in [1.807, 2.05) is 30.3 Å². The first-order chi connectivity index (χ1) is 21.9. The largest absolute Gasteiger partial charge is 0.396 e. The molecule has 0 bridgehead atoms. The minimum atomic E-state index is -4.87. The summed E-state index contributed by atoms with van der Waals surface area (Å²) in [5.74, 6) is 0. The average Bonchev–Trinajstić information content (AvgIpc) is 3.02. The van der Waals surface area contributed by atoms with Gasteiger partial charge >= 0.3 is 0 Å². The van der Waals surface area contributed by atoms with Gasteiger partial charge in [0.15, 0.2) is 0 Å². The van der Waals surface area contributed by atoms with Gasteiger partial charge in [-0.1, -0.05) is 36.4 Å². The van der Waals surface area contributed by atoms with Gasteiger partial charge in [-0.15, -0.1) is 10.2 Å². The lowest BCUT2D eigenvalue weighted by Gasteiger charge is -2.12. The summed E-state index contributed by atoms with van der Waals surface area (Å²) in [7, 11) is -9.59. The molecule has 16 heteroatoms. The zero-order valence-corrected chi connectivity index (χ0v) is 25.3. The molecular weight excluding hydrogens is 633 g/mol. The van der Waals surface area contributed by atoms with E-state index < -0.39 is 35.7 Å². The van der Waals surface area contributed by atoms with E-state index in [9.17, 15) is 25.9 Å². The second-order valence-electron chi connectivity index (χ2n) is 9.63. The Bertz CT molecular complexity index is 2160. The van der Waals surface area contributed by atoms with E-state index in [-0.39, 0.29) is 28.4 Å². The molecule has 0 saturated heterocycles. The van der Waals surface area contributed by atoms with Crippen molar-refractivity contribution < 1.29 is 25.9 Å². The number of nitrogens with zero attached hydrogens (tertiary/aromatic N) is 4. The Labute approximate surface area is 264 Å². The minimum absolute atomic E-state index is 0.0605. The van der Waals surface area contributed by atoms with Crippen LogP contribution in [-0.2, 0) is 20.2 Å². The number of hydrogen-bond donors (Lipinski definition) is 6. The Hall–Kier alpha value is -5.68. The molecule has 5 aromatic rings. The molecule has 0 aliphatic carbocycles. The second-order valence-corrected chi connectivity index (χ2v) is 12.4. The first-order valence-electron chi connectivity index (χ1n) is 13.3. The van der Waals surface area contributed by atoms with Crippen molar-refractivity contribution in [2.75, 3.05) is 22.1 Å². The summed E-state index contributed by atoms with van der Waals surface area (Å²) >= 11 is 0. The monoisotopic (exact) mass is 658 g/mol. The van der Waals surface area contributed by atoms with Gasteiger partial charge in [0.25, 0.3) is 20.2 Å². The number of anilines is 6. The lowest BCUT2D eigenvalue weighted by atomic mass is 10.2. The number of nitrogens with one attached hydrogen (secondary N) is 2. The van der Waals surface area contributed by atoms with Gasteiger partial charge in [-0.3, -0.25) is 9.11 Å². The van der Waals surface area contributed by atoms with Crippen LogP contribution in [0.4, 0.5) is 56.9 Å². The molecule has 0 atom stereocenters. The number of para-hydroxylation sites is 2. The topological polar surface area (TPSA) is 234 Å². The number of azo groups is 2. The third kappa shape index (κ3) is 7.69. The predicted molar refractivity (Wildman–Crippen MR) is 176 cm³/mol. The number of nitrogens with two attached hydrogens (primary N) is 2. The Morgan fingerprint density at radius 2 is 1.04 bits per heavy atom. The van der Waals surface area contributed by atoms with Gasteiger partial charge in [-0.2, -0.15) is 27.1 Å². The molecule has 0 aromatic heterocycles. The zero-order valence-electron chi connectivity index (χ0n) is 23.7. The van der Waals surface area contributed by atoms with Gasteiger partial charge in [0, 0.05) is 17.1 Å². The van der Waals surface area contributed by atoms with Crippen LogP contribution in [0.5, 0.6) is 0 Å². The molecule has 0 saturated carbocycles. The molecule has 0 radical (unpaired) electrons. The van der Waals surface area contributed by atoms with Crippen molar-refractivity contribution in [2.45, 2.75) is 9.79 Å². The molecule has 0 amide bonds. The van der Waals surface area contributed by atoms with E-state index in [1.54, 1.807) is 54.6 Å². The first kappa shape index (κ1) is 31.7. The van der Waals surface area contributed by atoms with E-state index in [0.717, 1.165) is 23.5 Å². The van der Waals surface area contributed by atoms with Crippen molar-refractivity contribution in [3.8, 4) is 0 Å². The van der Waals surface area contributed by atoms with Crippen LogP contribution in [0.25, 0.3) is 0 Å². The molecular formula is C30H26N8O6S2. The number of nitrogen functional groups attached to an aromatic ring is 2. The van der Waals surface area contributed by atoms with Crippen LogP contribution in [-0.4, -0.2) is 25.9 Å². The highest BCUT2D eigenvalue weighted by Gasteiger charge is 2.23. The van der Waals surface area contributed by atoms with Crippen LogP contribution >= 0.6 is 0 Å². The van der Waals surface area contributed by atoms with Crippen LogP contribution in [0.2, 0.25) is 0 Å². The van der Waals surface area contributed by atoms with Gasteiger partial charge in [0.2, 0.25) is 0 Å². The summed E-state index contributed by atoms with van der Waals surface area (Å²) in [6, 6.07) is 29.7. The number of benzene rings is 5. The van der Waals surface area contributed by atoms with E-state index >= 15 is 0 Å². The molecule has 46 heavy (non-hydrogen) atoms. The first-order valence-corrected chi connectivity index (χ1v) is 16.2. The summed E-state index contributed by atoms with van der Waals surface area (Å²) in [5, 5.41) is 22.2. The Morgan fingerprint density at radius 1 is 0.522 bits per heavy atom. The maximum Gasteiger partial charge on any atom is 0.296 e. The molecule has 14 nitrogen and oxygen atoms in total. The van der Waals surface area contributed by atoms with Crippen LogP contribution in [0.1, 0.15) is 0 Å². The number of rotatable bonds is 10. The fourth-order valence-electron chi connectivity index (χ4n) is 4.15. The van der Waals surface area contributed by atoms with E-state index in [1.165, 1.54) is 12.1 Å². The highest BCUT2D eigenvalue weighted by Crippen LogP contribution is 2.43. The molecule has 0 spiro atoms. The highest BCUT2D eigenvalue weighted by molar-refractivity contribution is 7.86. The van der Waals surface area contributed by atoms with Gasteiger partial charge in [0.1, 0.15) is 21.2 Å². The molecule has 0 aliphatic heterocycles. The van der Waals surface area contributed by atoms with Crippen molar-refractivity contribution in [3.63, 3.8) is 0 Å². The zero-order chi connectivity index (χ0) is 32.9. The standard InChI is InChI=1S/C30H26N8O6S2/c31-28-25(37-35-22-13-11-21(12-14-22)33-19-7-3-1-4-8-19)18-27(46(42,43)44)29(32)30(28)38-36-23-15-16-24(26(17-23)45(39,40)41)34-20-9-5-2-6-10-20/h1-18,33-34H,31-32H2,(H,39,40,41)(H,42,43,44). The van der Waals surface area contributed by atoms with Gasteiger partial charge < -0.3 is 22.1 Å². The molecule has 0 aliphatic rings. The van der Waals surface area contributed by atoms with Crippen molar-refractivity contribution in [1.29, 1.82) is 0 Å². The minimum Gasteiger partial charge on any atom is -0.396 e. The van der Waals surface area contributed by atoms with Crippen LogP contribution in [0, 0.1) is 0 Å². The second kappa shape index (κ2) is 13.1. The smallest absolute Gasteiger partial charge is 0.296 e. The Morgan fingerprint density at radius 3 is 1.63 bits per heavy atom. The summed E-state index contributed by atoms with van der Waals surface area (Å²) in [6.07, 6.45) is 0. The SMILES string of the molecule is Nc1c(N=Nc2ccc(Nc3ccccc3)cc2)cc(S(=O)(=O)O)c(N)c1N=Nc1ccc(Nc2ccccc2)c(S(=O)(=O)O)c1. The maximum atomic E-state index is 12.2. The average molecular weight is 659 g/mol. The maximum absolute atomic E-state index is 12.2. The molecule has 0 fully saturated rings. The lowest BCUT2D eigenvalue weighted by molar-refractivity contribution is 0.481. The molecule has 0 unspecified atom stereocenters.